The van der Waals surface area contributed by atoms with Gasteiger partial charge in [-0.25, -0.2) is 4.79 Å². The van der Waals surface area contributed by atoms with Crippen molar-refractivity contribution in [3.8, 4) is 5.75 Å². The topological polar surface area (TPSA) is 108 Å². The molecule has 1 aliphatic heterocycles. The van der Waals surface area contributed by atoms with Crippen LogP contribution in [0.2, 0.25) is 0 Å². The molecule has 1 aliphatic carbocycles. The quantitative estimate of drug-likeness (QED) is 0.357. The van der Waals surface area contributed by atoms with Crippen molar-refractivity contribution < 1.29 is 24.0 Å². The minimum atomic E-state index is -0.752. The maximum absolute atomic E-state index is 13.4. The van der Waals surface area contributed by atoms with Gasteiger partial charge in [-0.05, 0) is 42.0 Å². The van der Waals surface area contributed by atoms with E-state index in [1.807, 2.05) is 13.8 Å². The van der Waals surface area contributed by atoms with Crippen molar-refractivity contribution in [3.05, 3.63) is 92.3 Å². The Bertz CT molecular complexity index is 1260. The van der Waals surface area contributed by atoms with E-state index in [2.05, 4.69) is 5.32 Å². The van der Waals surface area contributed by atoms with Crippen LogP contribution in [-0.2, 0) is 20.9 Å². The number of ketones is 1. The fraction of sp³-hybridized carbons (Fsp3) is 0.333. The Labute approximate surface area is 203 Å². The molecule has 1 heterocycles. The number of benzene rings is 2. The number of ether oxygens (including phenoxy) is 2. The fourth-order valence-corrected chi connectivity index (χ4v) is 4.81. The molecule has 182 valence electrons. The number of nitro groups is 1. The summed E-state index contributed by atoms with van der Waals surface area (Å²) in [5, 5.41) is 14.7. The second kappa shape index (κ2) is 9.37. The average Bonchev–Trinajstić information content (AvgIpc) is 2.81. The normalized spacial score (nSPS) is 19.1. The summed E-state index contributed by atoms with van der Waals surface area (Å²) >= 11 is 0. The van der Waals surface area contributed by atoms with Crippen molar-refractivity contribution in [2.45, 2.75) is 46.1 Å². The van der Waals surface area contributed by atoms with E-state index in [4.69, 9.17) is 9.47 Å². The second-order valence-electron chi connectivity index (χ2n) is 9.71. The van der Waals surface area contributed by atoms with Crippen molar-refractivity contribution >= 4 is 17.4 Å². The molecule has 1 unspecified atom stereocenters. The number of allylic oxidation sites excluding steroid dienone is 3. The summed E-state index contributed by atoms with van der Waals surface area (Å²) in [4.78, 5) is 37.7. The summed E-state index contributed by atoms with van der Waals surface area (Å²) in [6.07, 6.45) is 0.956. The lowest BCUT2D eigenvalue weighted by atomic mass is 9.68. The van der Waals surface area contributed by atoms with Gasteiger partial charge in [-0.1, -0.05) is 38.1 Å². The Morgan fingerprint density at radius 2 is 1.89 bits per heavy atom. The van der Waals surface area contributed by atoms with Crippen LogP contribution in [0.15, 0.2) is 71.1 Å². The van der Waals surface area contributed by atoms with Gasteiger partial charge in [0.1, 0.15) is 12.4 Å². The Morgan fingerprint density at radius 3 is 2.54 bits per heavy atom. The van der Waals surface area contributed by atoms with Crippen LogP contribution in [0, 0.1) is 15.5 Å². The maximum Gasteiger partial charge on any atom is 0.337 e. The van der Waals surface area contributed by atoms with E-state index in [0.717, 1.165) is 11.3 Å². The van der Waals surface area contributed by atoms with Crippen molar-refractivity contribution in [2.24, 2.45) is 5.41 Å². The molecule has 0 saturated heterocycles. The smallest absolute Gasteiger partial charge is 0.337 e. The van der Waals surface area contributed by atoms with Crippen molar-refractivity contribution in [1.82, 2.24) is 5.32 Å². The van der Waals surface area contributed by atoms with E-state index in [1.54, 1.807) is 50.4 Å². The van der Waals surface area contributed by atoms with Crippen LogP contribution in [0.5, 0.6) is 5.75 Å². The van der Waals surface area contributed by atoms with Crippen molar-refractivity contribution in [3.63, 3.8) is 0 Å². The number of carbonyl (C=O) groups excluding carboxylic acids is 2. The molecule has 4 rings (SSSR count). The first-order valence-corrected chi connectivity index (χ1v) is 11.4. The van der Waals surface area contributed by atoms with E-state index in [9.17, 15) is 19.7 Å². The maximum atomic E-state index is 13.4. The highest BCUT2D eigenvalue weighted by atomic mass is 16.6. The molecule has 2 aromatic carbocycles. The molecular formula is C27H28N2O6. The Hall–Kier alpha value is -3.94. The number of nitrogens with zero attached hydrogens (tertiary/aromatic N) is 1. The molecule has 0 aromatic heterocycles. The van der Waals surface area contributed by atoms with Gasteiger partial charge in [0.25, 0.3) is 5.69 Å². The zero-order valence-electron chi connectivity index (χ0n) is 20.2. The number of carbonyl (C=O) groups is 2. The highest BCUT2D eigenvalue weighted by Gasteiger charge is 2.43. The molecule has 2 aromatic rings. The van der Waals surface area contributed by atoms with Gasteiger partial charge in [-0.3, -0.25) is 14.9 Å². The lowest BCUT2D eigenvalue weighted by Crippen LogP contribution is -2.38. The minimum absolute atomic E-state index is 0.0359. The first-order valence-electron chi connectivity index (χ1n) is 11.4. The zero-order chi connectivity index (χ0) is 25.3. The van der Waals surface area contributed by atoms with Gasteiger partial charge in [0.05, 0.1) is 17.6 Å². The number of nitro benzene ring substituents is 1. The fourth-order valence-electron chi connectivity index (χ4n) is 4.81. The van der Waals surface area contributed by atoms with Gasteiger partial charge >= 0.3 is 5.97 Å². The lowest BCUT2D eigenvalue weighted by molar-refractivity contribution is -0.384. The lowest BCUT2D eigenvalue weighted by Gasteiger charge is -2.39. The van der Waals surface area contributed by atoms with Gasteiger partial charge in [-0.15, -0.1) is 0 Å². The van der Waals surface area contributed by atoms with Gasteiger partial charge < -0.3 is 14.8 Å². The van der Waals surface area contributed by atoms with Crippen LogP contribution in [-0.4, -0.2) is 23.8 Å². The third-order valence-electron chi connectivity index (χ3n) is 6.40. The number of nitrogens with one attached hydrogen (secondary N) is 1. The van der Waals surface area contributed by atoms with Crippen LogP contribution in [0.1, 0.15) is 50.7 Å². The predicted octanol–water partition coefficient (Wildman–Crippen LogP) is 4.95. The van der Waals surface area contributed by atoms with Crippen LogP contribution >= 0.6 is 0 Å². The van der Waals surface area contributed by atoms with E-state index >= 15 is 0 Å². The monoisotopic (exact) mass is 476 g/mol. The number of rotatable bonds is 6. The molecular weight excluding hydrogens is 448 g/mol. The highest BCUT2D eigenvalue weighted by Crippen LogP contribution is 2.47. The number of esters is 1. The van der Waals surface area contributed by atoms with Gasteiger partial charge in [0, 0.05) is 41.4 Å². The van der Waals surface area contributed by atoms with Crippen LogP contribution < -0.4 is 10.1 Å². The van der Waals surface area contributed by atoms with E-state index in [1.165, 1.54) is 12.1 Å². The first-order chi connectivity index (χ1) is 16.6. The van der Waals surface area contributed by atoms with Crippen molar-refractivity contribution in [2.75, 3.05) is 7.11 Å². The number of non-ortho nitro benzene ring substituents is 1. The van der Waals surface area contributed by atoms with Gasteiger partial charge in [-0.2, -0.15) is 0 Å². The Balaban J connectivity index is 1.72. The second-order valence-corrected chi connectivity index (χ2v) is 9.71. The molecule has 0 amide bonds. The number of methoxy groups -OCH3 is 1. The Kier molecular flexibility index (Phi) is 6.47. The number of hydrogen-bond acceptors (Lipinski definition) is 7. The molecule has 1 N–H and O–H groups in total. The molecule has 0 radical (unpaired) electrons. The molecule has 8 heteroatoms. The highest BCUT2D eigenvalue weighted by molar-refractivity contribution is 6.04. The summed E-state index contributed by atoms with van der Waals surface area (Å²) in [6, 6.07) is 13.3. The first kappa shape index (κ1) is 24.2. The standard InChI is InChI=1S/C27H28N2O6/c1-16-23(26(31)35-15-17-8-10-20(34-4)11-9-17)24(18-6-5-7-19(12-18)29(32)33)25-21(28-16)13-27(2,3)14-22(25)30/h5-12,24,28H,13-15H2,1-4H3. The van der Waals surface area contributed by atoms with E-state index < -0.39 is 16.8 Å². The van der Waals surface area contributed by atoms with Crippen molar-refractivity contribution in [1.29, 1.82) is 0 Å². The molecule has 0 saturated carbocycles. The van der Waals surface area contributed by atoms with E-state index in [0.29, 0.717) is 35.4 Å². The summed E-state index contributed by atoms with van der Waals surface area (Å²) in [7, 11) is 1.57. The van der Waals surface area contributed by atoms with Crippen LogP contribution in [0.3, 0.4) is 0 Å². The summed E-state index contributed by atoms with van der Waals surface area (Å²) in [5.41, 5.74) is 3.05. The van der Waals surface area contributed by atoms with Gasteiger partial charge in [0.2, 0.25) is 0 Å². The zero-order valence-corrected chi connectivity index (χ0v) is 20.2. The molecule has 0 spiro atoms. The molecule has 35 heavy (non-hydrogen) atoms. The summed E-state index contributed by atoms with van der Waals surface area (Å²) in [6.45, 7) is 5.85. The minimum Gasteiger partial charge on any atom is -0.497 e. The largest absolute Gasteiger partial charge is 0.497 e. The molecule has 2 aliphatic rings. The molecule has 0 bridgehead atoms. The number of dihydropyridines is 1. The predicted molar refractivity (Wildman–Crippen MR) is 130 cm³/mol. The van der Waals surface area contributed by atoms with Crippen LogP contribution in [0.4, 0.5) is 5.69 Å². The molecule has 0 fully saturated rings. The van der Waals surface area contributed by atoms with Gasteiger partial charge in [0.15, 0.2) is 5.78 Å². The number of Topliss-reactive ketones (excluding diaryl/α,β-unsaturated/α-hetero) is 1. The summed E-state index contributed by atoms with van der Waals surface area (Å²) in [5.74, 6) is -0.711. The molecule has 1 atom stereocenters. The van der Waals surface area contributed by atoms with E-state index in [-0.39, 0.29) is 29.1 Å². The average molecular weight is 477 g/mol. The Morgan fingerprint density at radius 1 is 1.17 bits per heavy atom. The molecule has 8 nitrogen and oxygen atoms in total. The third kappa shape index (κ3) is 4.96. The number of hydrogen-bond donors (Lipinski definition) is 1. The SMILES string of the molecule is COc1ccc(COC(=O)C2=C(C)NC3=C(C(=O)CC(C)(C)C3)C2c2cccc([N+](=O)[O-])c2)cc1. The summed E-state index contributed by atoms with van der Waals surface area (Å²) < 4.78 is 10.8. The van der Waals surface area contributed by atoms with Crippen LogP contribution in [0.25, 0.3) is 0 Å². The third-order valence-corrected chi connectivity index (χ3v) is 6.40.